The van der Waals surface area contributed by atoms with Gasteiger partial charge in [-0.15, -0.1) is 0 Å². The molecule has 0 aromatic heterocycles. The molecule has 19 heavy (non-hydrogen) atoms. The molecule has 2 N–H and O–H groups in total. The second kappa shape index (κ2) is 6.57. The summed E-state index contributed by atoms with van der Waals surface area (Å²) in [6.07, 6.45) is 0. The van der Waals surface area contributed by atoms with E-state index in [1.807, 2.05) is 12.1 Å². The van der Waals surface area contributed by atoms with Crippen LogP contribution in [0.3, 0.4) is 0 Å². The first-order valence-corrected chi connectivity index (χ1v) is 6.50. The van der Waals surface area contributed by atoms with Crippen molar-refractivity contribution < 1.29 is 14.6 Å². The molecule has 0 saturated carbocycles. The molecular formula is C15H23NO3. The van der Waals surface area contributed by atoms with Gasteiger partial charge in [0.25, 0.3) is 0 Å². The van der Waals surface area contributed by atoms with Gasteiger partial charge in [0.15, 0.2) is 0 Å². The zero-order valence-electron chi connectivity index (χ0n) is 12.1. The van der Waals surface area contributed by atoms with Gasteiger partial charge < -0.3 is 15.2 Å². The Hall–Kier alpha value is -1.55. The fraction of sp³-hybridized carbons (Fsp3) is 0.533. The first-order valence-electron chi connectivity index (χ1n) is 6.50. The molecule has 0 aliphatic rings. The third kappa shape index (κ3) is 5.30. The molecule has 1 rings (SSSR count). The second-order valence-electron chi connectivity index (χ2n) is 5.64. The zero-order chi connectivity index (χ0) is 14.5. The Balaban J connectivity index is 2.37. The third-order valence-corrected chi connectivity index (χ3v) is 2.91. The average Bonchev–Trinajstić information content (AvgIpc) is 2.33. The second-order valence-corrected chi connectivity index (χ2v) is 5.64. The normalized spacial score (nSPS) is 13.1. The van der Waals surface area contributed by atoms with Crippen LogP contribution in [0.25, 0.3) is 0 Å². The van der Waals surface area contributed by atoms with Gasteiger partial charge in [-0.25, -0.2) is 0 Å². The lowest BCUT2D eigenvalue weighted by Crippen LogP contribution is -2.36. The third-order valence-electron chi connectivity index (χ3n) is 2.91. The maximum Gasteiger partial charge on any atom is 0.320 e. The Morgan fingerprint density at radius 3 is 2.37 bits per heavy atom. The summed E-state index contributed by atoms with van der Waals surface area (Å²) in [5.74, 6) is -0.0488. The minimum atomic E-state index is -0.852. The molecule has 0 fully saturated rings. The van der Waals surface area contributed by atoms with Gasteiger partial charge in [0.05, 0.1) is 0 Å². The summed E-state index contributed by atoms with van der Waals surface area (Å²) in [6, 6.07) is 7.46. The van der Waals surface area contributed by atoms with Crippen LogP contribution in [-0.2, 0) is 10.2 Å². The predicted molar refractivity (Wildman–Crippen MR) is 75.7 cm³/mol. The van der Waals surface area contributed by atoms with Gasteiger partial charge in [-0.05, 0) is 30.0 Å². The summed E-state index contributed by atoms with van der Waals surface area (Å²) in [6.45, 7) is 9.07. The van der Waals surface area contributed by atoms with Crippen LogP contribution in [0.2, 0.25) is 0 Å². The predicted octanol–water partition coefficient (Wildman–Crippen LogP) is 2.43. The lowest BCUT2D eigenvalue weighted by molar-refractivity contribution is -0.139. The van der Waals surface area contributed by atoms with Crippen LogP contribution in [-0.4, -0.2) is 30.3 Å². The van der Waals surface area contributed by atoms with Crippen LogP contribution in [0.15, 0.2) is 24.3 Å². The number of ether oxygens (including phenoxy) is 1. The molecular weight excluding hydrogens is 242 g/mol. The van der Waals surface area contributed by atoms with Crippen molar-refractivity contribution in [2.75, 3.05) is 13.2 Å². The largest absolute Gasteiger partial charge is 0.492 e. The molecule has 1 unspecified atom stereocenters. The van der Waals surface area contributed by atoms with Crippen molar-refractivity contribution in [3.63, 3.8) is 0 Å². The van der Waals surface area contributed by atoms with E-state index in [2.05, 4.69) is 38.2 Å². The van der Waals surface area contributed by atoms with E-state index < -0.39 is 12.0 Å². The highest BCUT2D eigenvalue weighted by Gasteiger charge is 2.13. The molecule has 1 aromatic carbocycles. The van der Waals surface area contributed by atoms with Crippen LogP contribution in [0.1, 0.15) is 33.3 Å². The summed E-state index contributed by atoms with van der Waals surface area (Å²) >= 11 is 0. The van der Waals surface area contributed by atoms with E-state index in [0.717, 1.165) is 5.75 Å². The topological polar surface area (TPSA) is 58.6 Å². The van der Waals surface area contributed by atoms with Gasteiger partial charge in [-0.3, -0.25) is 4.79 Å². The minimum absolute atomic E-state index is 0.136. The Morgan fingerprint density at radius 1 is 1.32 bits per heavy atom. The monoisotopic (exact) mass is 265 g/mol. The lowest BCUT2D eigenvalue weighted by atomic mass is 9.87. The molecule has 0 aliphatic carbocycles. The molecule has 0 heterocycles. The van der Waals surface area contributed by atoms with Crippen LogP contribution in [0.5, 0.6) is 5.75 Å². The molecule has 4 nitrogen and oxygen atoms in total. The Labute approximate surface area is 114 Å². The summed E-state index contributed by atoms with van der Waals surface area (Å²) < 4.78 is 5.55. The maximum absolute atomic E-state index is 10.6. The van der Waals surface area contributed by atoms with Crippen LogP contribution >= 0.6 is 0 Å². The Bertz CT molecular complexity index is 406. The number of benzene rings is 1. The fourth-order valence-corrected chi connectivity index (χ4v) is 1.58. The molecule has 0 saturated heterocycles. The molecule has 0 bridgehead atoms. The van der Waals surface area contributed by atoms with Gasteiger partial charge in [-0.2, -0.15) is 0 Å². The molecule has 1 atom stereocenters. The smallest absolute Gasteiger partial charge is 0.320 e. The van der Waals surface area contributed by atoms with E-state index >= 15 is 0 Å². The van der Waals surface area contributed by atoms with E-state index in [0.29, 0.717) is 13.2 Å². The number of hydrogen-bond donors (Lipinski definition) is 2. The summed E-state index contributed by atoms with van der Waals surface area (Å²) in [5.41, 5.74) is 1.40. The van der Waals surface area contributed by atoms with Gasteiger partial charge in [0.1, 0.15) is 18.4 Å². The number of carbonyl (C=O) groups is 1. The number of hydrogen-bond acceptors (Lipinski definition) is 3. The van der Waals surface area contributed by atoms with Crippen molar-refractivity contribution in [1.29, 1.82) is 0 Å². The van der Waals surface area contributed by atoms with Crippen molar-refractivity contribution in [2.24, 2.45) is 0 Å². The van der Waals surface area contributed by atoms with E-state index in [4.69, 9.17) is 9.84 Å². The van der Waals surface area contributed by atoms with Crippen LogP contribution in [0.4, 0.5) is 0 Å². The lowest BCUT2D eigenvalue weighted by Gasteiger charge is -2.19. The SMILES string of the molecule is CC(NCCOc1ccc(C(C)(C)C)cc1)C(=O)O. The zero-order valence-corrected chi connectivity index (χ0v) is 12.1. The first-order chi connectivity index (χ1) is 8.80. The number of rotatable bonds is 6. The summed E-state index contributed by atoms with van der Waals surface area (Å²) in [7, 11) is 0. The van der Waals surface area contributed by atoms with Gasteiger partial charge in [0.2, 0.25) is 0 Å². The van der Waals surface area contributed by atoms with E-state index in [1.54, 1.807) is 6.92 Å². The van der Waals surface area contributed by atoms with Gasteiger partial charge in [-0.1, -0.05) is 32.9 Å². The van der Waals surface area contributed by atoms with E-state index in [1.165, 1.54) is 5.56 Å². The van der Waals surface area contributed by atoms with Crippen LogP contribution < -0.4 is 10.1 Å². The van der Waals surface area contributed by atoms with Crippen molar-refractivity contribution in [1.82, 2.24) is 5.32 Å². The van der Waals surface area contributed by atoms with E-state index in [9.17, 15) is 4.79 Å². The first kappa shape index (κ1) is 15.5. The quantitative estimate of drug-likeness (QED) is 0.776. The van der Waals surface area contributed by atoms with Crippen molar-refractivity contribution in [3.8, 4) is 5.75 Å². The Morgan fingerprint density at radius 2 is 1.89 bits per heavy atom. The summed E-state index contributed by atoms with van der Waals surface area (Å²) in [5, 5.41) is 11.6. The number of nitrogens with one attached hydrogen (secondary N) is 1. The number of carboxylic acid groups (broad SMARTS) is 1. The van der Waals surface area contributed by atoms with Crippen molar-refractivity contribution >= 4 is 5.97 Å². The standard InChI is InChI=1S/C15H23NO3/c1-11(14(17)18)16-9-10-19-13-7-5-12(6-8-13)15(2,3)4/h5-8,11,16H,9-10H2,1-4H3,(H,17,18). The molecule has 0 aliphatic heterocycles. The summed E-state index contributed by atoms with van der Waals surface area (Å²) in [4.78, 5) is 10.6. The van der Waals surface area contributed by atoms with Crippen molar-refractivity contribution in [3.05, 3.63) is 29.8 Å². The molecule has 0 radical (unpaired) electrons. The number of aliphatic carboxylic acids is 1. The molecule has 106 valence electrons. The highest BCUT2D eigenvalue weighted by Crippen LogP contribution is 2.24. The minimum Gasteiger partial charge on any atom is -0.492 e. The maximum atomic E-state index is 10.6. The molecule has 4 heteroatoms. The van der Waals surface area contributed by atoms with Crippen molar-refractivity contribution in [2.45, 2.75) is 39.2 Å². The highest BCUT2D eigenvalue weighted by molar-refractivity contribution is 5.72. The number of carboxylic acids is 1. The van der Waals surface area contributed by atoms with Gasteiger partial charge >= 0.3 is 5.97 Å². The molecule has 0 amide bonds. The average molecular weight is 265 g/mol. The van der Waals surface area contributed by atoms with E-state index in [-0.39, 0.29) is 5.41 Å². The Kier molecular flexibility index (Phi) is 5.36. The van der Waals surface area contributed by atoms with Crippen LogP contribution in [0, 0.1) is 0 Å². The fourth-order valence-electron chi connectivity index (χ4n) is 1.58. The van der Waals surface area contributed by atoms with Gasteiger partial charge in [0, 0.05) is 6.54 Å². The molecule has 0 spiro atoms. The molecule has 1 aromatic rings. The highest BCUT2D eigenvalue weighted by atomic mass is 16.5.